The minimum atomic E-state index is -0.297. The number of nitrogens with one attached hydrogen (secondary N) is 2. The number of carbonyl (C=O) groups excluding carboxylic acids is 2. The summed E-state index contributed by atoms with van der Waals surface area (Å²) in [7, 11) is 0. The molecule has 0 atom stereocenters. The molecule has 0 aromatic heterocycles. The summed E-state index contributed by atoms with van der Waals surface area (Å²) < 4.78 is 0.930. The van der Waals surface area contributed by atoms with Gasteiger partial charge in [-0.05, 0) is 31.0 Å². The predicted molar refractivity (Wildman–Crippen MR) is 84.7 cm³/mol. The van der Waals surface area contributed by atoms with Crippen molar-refractivity contribution >= 4 is 33.4 Å². The molecule has 0 saturated heterocycles. The molecule has 1 aromatic rings. The topological polar surface area (TPSA) is 58.2 Å². The molecule has 0 aliphatic carbocycles. The lowest BCUT2D eigenvalue weighted by atomic mass is 10.2. The van der Waals surface area contributed by atoms with Crippen molar-refractivity contribution in [1.29, 1.82) is 0 Å². The van der Waals surface area contributed by atoms with Crippen LogP contribution in [0, 0.1) is 6.92 Å². The summed E-state index contributed by atoms with van der Waals surface area (Å²) in [5.74, 6) is -0.529. The van der Waals surface area contributed by atoms with E-state index >= 15 is 0 Å². The van der Waals surface area contributed by atoms with E-state index in [1.807, 2.05) is 25.1 Å². The third kappa shape index (κ3) is 6.19. The Morgan fingerprint density at radius 2 is 1.95 bits per heavy atom. The molecule has 0 radical (unpaired) electrons. The van der Waals surface area contributed by atoms with Crippen LogP contribution in [-0.2, 0) is 9.59 Å². The highest BCUT2D eigenvalue weighted by molar-refractivity contribution is 9.10. The predicted octanol–water partition coefficient (Wildman–Crippen LogP) is 3.39. The van der Waals surface area contributed by atoms with E-state index in [4.69, 9.17) is 0 Å². The number of benzene rings is 1. The van der Waals surface area contributed by atoms with Gasteiger partial charge in [0, 0.05) is 16.7 Å². The summed E-state index contributed by atoms with van der Waals surface area (Å²) >= 11 is 3.41. The summed E-state index contributed by atoms with van der Waals surface area (Å²) in [5.41, 5.74) is 1.78. The van der Waals surface area contributed by atoms with E-state index in [2.05, 4.69) is 33.5 Å². The lowest BCUT2D eigenvalue weighted by Gasteiger charge is -2.07. The number of anilines is 1. The smallest absolute Gasteiger partial charge is 0.233 e. The van der Waals surface area contributed by atoms with E-state index in [0.717, 1.165) is 29.3 Å². The number of unbranched alkanes of at least 4 members (excludes halogenated alkanes) is 2. The molecule has 0 spiro atoms. The summed E-state index contributed by atoms with van der Waals surface area (Å²) in [4.78, 5) is 23.3. The molecule has 0 aliphatic rings. The highest BCUT2D eigenvalue weighted by Crippen LogP contribution is 2.20. The highest BCUT2D eigenvalue weighted by atomic mass is 79.9. The molecule has 0 unspecified atom stereocenters. The molecule has 1 rings (SSSR count). The molecule has 2 N–H and O–H groups in total. The van der Waals surface area contributed by atoms with Crippen LogP contribution in [0.2, 0.25) is 0 Å². The largest absolute Gasteiger partial charge is 0.356 e. The van der Waals surface area contributed by atoms with Crippen LogP contribution >= 0.6 is 15.9 Å². The number of hydrogen-bond donors (Lipinski definition) is 2. The van der Waals surface area contributed by atoms with Crippen LogP contribution in [0.5, 0.6) is 0 Å². The number of aryl methyl sites for hydroxylation is 1. The van der Waals surface area contributed by atoms with Gasteiger partial charge in [-0.3, -0.25) is 9.59 Å². The Morgan fingerprint density at radius 1 is 1.20 bits per heavy atom. The van der Waals surface area contributed by atoms with E-state index in [0.29, 0.717) is 12.2 Å². The Labute approximate surface area is 128 Å². The van der Waals surface area contributed by atoms with E-state index in [1.165, 1.54) is 0 Å². The second-order valence-corrected chi connectivity index (χ2v) is 5.60. The molecule has 110 valence electrons. The number of hydrogen-bond acceptors (Lipinski definition) is 2. The second kappa shape index (κ2) is 8.74. The Morgan fingerprint density at radius 3 is 2.60 bits per heavy atom. The fourth-order valence-electron chi connectivity index (χ4n) is 1.69. The molecular formula is C15H21BrN2O2. The van der Waals surface area contributed by atoms with Gasteiger partial charge in [-0.1, -0.05) is 41.8 Å². The zero-order valence-corrected chi connectivity index (χ0v) is 13.5. The van der Waals surface area contributed by atoms with Gasteiger partial charge in [-0.2, -0.15) is 0 Å². The molecule has 0 saturated carbocycles. The van der Waals surface area contributed by atoms with Crippen LogP contribution in [-0.4, -0.2) is 18.4 Å². The van der Waals surface area contributed by atoms with Crippen LogP contribution in [0.15, 0.2) is 22.7 Å². The lowest BCUT2D eigenvalue weighted by molar-refractivity contribution is -0.126. The summed E-state index contributed by atoms with van der Waals surface area (Å²) in [6.07, 6.45) is 3.01. The molecule has 0 bridgehead atoms. The van der Waals surface area contributed by atoms with Crippen molar-refractivity contribution in [3.8, 4) is 0 Å². The molecule has 1 aromatic carbocycles. The van der Waals surface area contributed by atoms with Crippen molar-refractivity contribution in [3.05, 3.63) is 28.2 Å². The number of carbonyl (C=O) groups is 2. The fraction of sp³-hybridized carbons (Fsp3) is 0.467. The molecular weight excluding hydrogens is 320 g/mol. The third-order valence-electron chi connectivity index (χ3n) is 2.88. The van der Waals surface area contributed by atoms with Gasteiger partial charge in [0.15, 0.2) is 0 Å². The second-order valence-electron chi connectivity index (χ2n) is 4.75. The van der Waals surface area contributed by atoms with Crippen molar-refractivity contribution in [1.82, 2.24) is 5.32 Å². The van der Waals surface area contributed by atoms with Crippen molar-refractivity contribution < 1.29 is 9.59 Å². The average molecular weight is 341 g/mol. The minimum absolute atomic E-state index is 0.141. The standard InChI is InChI=1S/C15H21BrN2O2/c1-3-4-5-8-17-14(19)10-15(20)18-12-7-6-11(2)13(16)9-12/h6-7,9H,3-5,8,10H2,1-2H3,(H,17,19)(H,18,20). The number of amides is 2. The zero-order chi connectivity index (χ0) is 15.0. The summed E-state index contributed by atoms with van der Waals surface area (Å²) in [6, 6.07) is 5.55. The summed E-state index contributed by atoms with van der Waals surface area (Å²) in [6.45, 7) is 4.71. The maximum Gasteiger partial charge on any atom is 0.233 e. The Kier molecular flexibility index (Phi) is 7.30. The van der Waals surface area contributed by atoms with E-state index in [9.17, 15) is 9.59 Å². The van der Waals surface area contributed by atoms with Gasteiger partial charge in [-0.25, -0.2) is 0 Å². The van der Waals surface area contributed by atoms with Crippen LogP contribution in [0.3, 0.4) is 0 Å². The van der Waals surface area contributed by atoms with Crippen molar-refractivity contribution in [2.24, 2.45) is 0 Å². The first-order valence-electron chi connectivity index (χ1n) is 6.85. The monoisotopic (exact) mass is 340 g/mol. The minimum Gasteiger partial charge on any atom is -0.356 e. The fourth-order valence-corrected chi connectivity index (χ4v) is 2.07. The SMILES string of the molecule is CCCCCNC(=O)CC(=O)Nc1ccc(C)c(Br)c1. The maximum absolute atomic E-state index is 11.7. The van der Waals surface area contributed by atoms with E-state index < -0.39 is 0 Å². The van der Waals surface area contributed by atoms with Gasteiger partial charge < -0.3 is 10.6 Å². The molecule has 4 nitrogen and oxygen atoms in total. The van der Waals surface area contributed by atoms with Crippen molar-refractivity contribution in [2.75, 3.05) is 11.9 Å². The summed E-state index contributed by atoms with van der Waals surface area (Å²) in [5, 5.41) is 5.46. The van der Waals surface area contributed by atoms with Gasteiger partial charge in [-0.15, -0.1) is 0 Å². The molecule has 5 heteroatoms. The van der Waals surface area contributed by atoms with Crippen LogP contribution in [0.4, 0.5) is 5.69 Å². The van der Waals surface area contributed by atoms with Crippen LogP contribution in [0.1, 0.15) is 38.2 Å². The van der Waals surface area contributed by atoms with Gasteiger partial charge in [0.2, 0.25) is 11.8 Å². The molecule has 0 aliphatic heterocycles. The first kappa shape index (κ1) is 16.7. The number of halogens is 1. The third-order valence-corrected chi connectivity index (χ3v) is 3.73. The van der Waals surface area contributed by atoms with E-state index in [-0.39, 0.29) is 18.2 Å². The van der Waals surface area contributed by atoms with Gasteiger partial charge in [0.1, 0.15) is 6.42 Å². The molecule has 0 heterocycles. The number of rotatable bonds is 7. The van der Waals surface area contributed by atoms with E-state index in [1.54, 1.807) is 0 Å². The average Bonchev–Trinajstić information content (AvgIpc) is 2.39. The molecule has 20 heavy (non-hydrogen) atoms. The van der Waals surface area contributed by atoms with Crippen LogP contribution in [0.25, 0.3) is 0 Å². The van der Waals surface area contributed by atoms with Crippen molar-refractivity contribution in [3.63, 3.8) is 0 Å². The Bertz CT molecular complexity index is 475. The zero-order valence-electron chi connectivity index (χ0n) is 12.0. The Balaban J connectivity index is 2.35. The van der Waals surface area contributed by atoms with Gasteiger partial charge in [0.25, 0.3) is 0 Å². The molecule has 0 fully saturated rings. The lowest BCUT2D eigenvalue weighted by Crippen LogP contribution is -2.28. The van der Waals surface area contributed by atoms with Crippen LogP contribution < -0.4 is 10.6 Å². The highest BCUT2D eigenvalue weighted by Gasteiger charge is 2.09. The molecule has 2 amide bonds. The first-order chi connectivity index (χ1) is 9.52. The maximum atomic E-state index is 11.7. The van der Waals surface area contributed by atoms with Gasteiger partial charge >= 0.3 is 0 Å². The first-order valence-corrected chi connectivity index (χ1v) is 7.65. The Hall–Kier alpha value is -1.36. The quantitative estimate of drug-likeness (QED) is 0.590. The van der Waals surface area contributed by atoms with Crippen molar-refractivity contribution in [2.45, 2.75) is 39.5 Å². The normalized spacial score (nSPS) is 10.2. The van der Waals surface area contributed by atoms with Gasteiger partial charge in [0.05, 0.1) is 0 Å².